The van der Waals surface area contributed by atoms with Gasteiger partial charge in [-0.15, -0.1) is 0 Å². The molecule has 0 amide bonds. The Kier molecular flexibility index (Phi) is 3.04. The molecule has 2 aliphatic carbocycles. The van der Waals surface area contributed by atoms with E-state index < -0.39 is 0 Å². The highest BCUT2D eigenvalue weighted by Gasteiger charge is 2.60. The molecule has 6 atom stereocenters. The summed E-state index contributed by atoms with van der Waals surface area (Å²) in [5.74, 6) is 3.77. The van der Waals surface area contributed by atoms with E-state index in [1.807, 2.05) is 0 Å². The molecular weight excluding hydrogens is 195 g/mol. The van der Waals surface area contributed by atoms with E-state index >= 15 is 0 Å². The molecule has 3 fully saturated rings. The van der Waals surface area contributed by atoms with Crippen LogP contribution in [0.4, 0.5) is 0 Å². The second-order valence-electron chi connectivity index (χ2n) is 5.97. The van der Waals surface area contributed by atoms with E-state index in [0.29, 0.717) is 12.2 Å². The van der Waals surface area contributed by atoms with E-state index in [-0.39, 0.29) is 0 Å². The Bertz CT molecular complexity index is 255. The zero-order chi connectivity index (χ0) is 11.1. The molecule has 0 aromatic rings. The van der Waals surface area contributed by atoms with Crippen molar-refractivity contribution in [2.24, 2.45) is 23.7 Å². The molecule has 1 heterocycles. The lowest BCUT2D eigenvalue weighted by Crippen LogP contribution is -2.51. The Balaban J connectivity index is 1.74. The highest BCUT2D eigenvalue weighted by molar-refractivity contribution is 6.08. The van der Waals surface area contributed by atoms with E-state index in [1.165, 1.54) is 32.1 Å². The summed E-state index contributed by atoms with van der Waals surface area (Å²) in [7, 11) is 5.72. The Hall–Kier alpha value is 0.0249. The molecule has 1 aliphatic heterocycles. The third-order valence-electron chi connectivity index (χ3n) is 5.37. The summed E-state index contributed by atoms with van der Waals surface area (Å²) < 4.78 is 6.25. The van der Waals surface area contributed by atoms with Crippen molar-refractivity contribution in [1.29, 1.82) is 0 Å². The predicted octanol–water partition coefficient (Wildman–Crippen LogP) is 3.19. The Morgan fingerprint density at radius 1 is 1.06 bits per heavy atom. The van der Waals surface area contributed by atoms with Gasteiger partial charge in [0.25, 0.3) is 0 Å². The number of rotatable bonds is 3. The SMILES string of the molecule is [B]CCC1OC(CC)C2C3CCCCC3C12. The summed E-state index contributed by atoms with van der Waals surface area (Å²) in [6, 6.07) is 0. The average Bonchev–Trinajstić information content (AvgIpc) is 2.60. The lowest BCUT2D eigenvalue weighted by Gasteiger charge is -2.53. The average molecular weight is 218 g/mol. The Morgan fingerprint density at radius 3 is 2.25 bits per heavy atom. The first-order chi connectivity index (χ1) is 7.86. The summed E-state index contributed by atoms with van der Waals surface area (Å²) in [6.07, 6.45) is 9.99. The van der Waals surface area contributed by atoms with E-state index in [0.717, 1.165) is 36.4 Å². The van der Waals surface area contributed by atoms with Crippen molar-refractivity contribution in [1.82, 2.24) is 0 Å². The van der Waals surface area contributed by atoms with Crippen LogP contribution < -0.4 is 0 Å². The zero-order valence-corrected chi connectivity index (χ0v) is 10.4. The standard InChI is InChI=1S/C14H23BO/c1-2-11-13-9-5-3-4-6-10(9)14(13)12(16-11)7-8-15/h9-14H,2-8H2,1H3. The summed E-state index contributed by atoms with van der Waals surface area (Å²) >= 11 is 0. The highest BCUT2D eigenvalue weighted by Crippen LogP contribution is 2.61. The molecule has 0 aromatic heterocycles. The summed E-state index contributed by atoms with van der Waals surface area (Å²) in [4.78, 5) is 0. The number of fused-ring (bicyclic) bond motifs is 4. The van der Waals surface area contributed by atoms with Crippen LogP contribution in [-0.2, 0) is 4.74 Å². The molecule has 2 saturated carbocycles. The van der Waals surface area contributed by atoms with Gasteiger partial charge in [0.2, 0.25) is 0 Å². The first kappa shape index (κ1) is 11.1. The first-order valence-corrected chi connectivity index (χ1v) is 7.22. The fourth-order valence-corrected chi connectivity index (χ4v) is 4.82. The molecule has 0 aromatic carbocycles. The molecule has 16 heavy (non-hydrogen) atoms. The van der Waals surface area contributed by atoms with Gasteiger partial charge in [-0.1, -0.05) is 26.1 Å². The van der Waals surface area contributed by atoms with Crippen LogP contribution in [0.5, 0.6) is 0 Å². The molecule has 88 valence electrons. The van der Waals surface area contributed by atoms with Crippen molar-refractivity contribution in [3.05, 3.63) is 0 Å². The maximum atomic E-state index is 6.25. The van der Waals surface area contributed by atoms with Gasteiger partial charge in [-0.3, -0.25) is 0 Å². The maximum absolute atomic E-state index is 6.25. The zero-order valence-electron chi connectivity index (χ0n) is 10.4. The number of hydrogen-bond donors (Lipinski definition) is 0. The van der Waals surface area contributed by atoms with Crippen LogP contribution in [0, 0.1) is 23.7 Å². The third kappa shape index (κ3) is 1.49. The monoisotopic (exact) mass is 218 g/mol. The van der Waals surface area contributed by atoms with Gasteiger partial charge in [0, 0.05) is 0 Å². The lowest BCUT2D eigenvalue weighted by atomic mass is 9.50. The molecule has 1 nitrogen and oxygen atoms in total. The third-order valence-corrected chi connectivity index (χ3v) is 5.37. The second kappa shape index (κ2) is 4.36. The largest absolute Gasteiger partial charge is 0.374 e. The van der Waals surface area contributed by atoms with Gasteiger partial charge in [-0.25, -0.2) is 0 Å². The van der Waals surface area contributed by atoms with Crippen LogP contribution >= 0.6 is 0 Å². The molecule has 6 unspecified atom stereocenters. The first-order valence-electron chi connectivity index (χ1n) is 7.22. The minimum absolute atomic E-state index is 0.499. The van der Waals surface area contributed by atoms with Crippen LogP contribution in [0.1, 0.15) is 45.4 Å². The minimum atomic E-state index is 0.499. The molecule has 0 bridgehead atoms. The Labute approximate surface area is 101 Å². The van der Waals surface area contributed by atoms with Crippen molar-refractivity contribution >= 4 is 7.85 Å². The number of ether oxygens (including phenoxy) is 1. The molecule has 2 radical (unpaired) electrons. The van der Waals surface area contributed by atoms with Crippen LogP contribution in [0.2, 0.25) is 6.32 Å². The topological polar surface area (TPSA) is 9.23 Å². The molecule has 3 aliphatic rings. The van der Waals surface area contributed by atoms with Gasteiger partial charge in [-0.05, 0) is 49.4 Å². The summed E-state index contributed by atoms with van der Waals surface area (Å²) in [6.45, 7) is 2.28. The quantitative estimate of drug-likeness (QED) is 0.661. The second-order valence-corrected chi connectivity index (χ2v) is 5.97. The molecule has 1 saturated heterocycles. The van der Waals surface area contributed by atoms with Gasteiger partial charge in [0.1, 0.15) is 0 Å². The fraction of sp³-hybridized carbons (Fsp3) is 1.00. The van der Waals surface area contributed by atoms with Crippen LogP contribution in [0.3, 0.4) is 0 Å². The highest BCUT2D eigenvalue weighted by atomic mass is 16.5. The van der Waals surface area contributed by atoms with Crippen LogP contribution in [-0.4, -0.2) is 20.1 Å². The lowest BCUT2D eigenvalue weighted by molar-refractivity contribution is -0.0452. The normalized spacial score (nSPS) is 50.6. The predicted molar refractivity (Wildman–Crippen MR) is 66.6 cm³/mol. The van der Waals surface area contributed by atoms with E-state index in [9.17, 15) is 0 Å². The Morgan fingerprint density at radius 2 is 1.69 bits per heavy atom. The van der Waals surface area contributed by atoms with Gasteiger partial charge >= 0.3 is 0 Å². The van der Waals surface area contributed by atoms with Crippen molar-refractivity contribution < 1.29 is 4.74 Å². The minimum Gasteiger partial charge on any atom is -0.374 e. The van der Waals surface area contributed by atoms with Gasteiger partial charge < -0.3 is 4.74 Å². The molecular formula is C14H23BO. The molecule has 2 heteroatoms. The number of hydrogen-bond acceptors (Lipinski definition) is 1. The molecule has 0 spiro atoms. The van der Waals surface area contributed by atoms with E-state index in [1.54, 1.807) is 0 Å². The van der Waals surface area contributed by atoms with Gasteiger partial charge in [-0.2, -0.15) is 0 Å². The smallest absolute Gasteiger partial charge is 0.0654 e. The van der Waals surface area contributed by atoms with Crippen molar-refractivity contribution in [3.63, 3.8) is 0 Å². The van der Waals surface area contributed by atoms with Crippen LogP contribution in [0.15, 0.2) is 0 Å². The molecule has 3 rings (SSSR count). The van der Waals surface area contributed by atoms with Gasteiger partial charge in [0.15, 0.2) is 0 Å². The van der Waals surface area contributed by atoms with Crippen LogP contribution in [0.25, 0.3) is 0 Å². The van der Waals surface area contributed by atoms with Crippen molar-refractivity contribution in [3.8, 4) is 0 Å². The van der Waals surface area contributed by atoms with E-state index in [2.05, 4.69) is 6.92 Å². The molecule has 0 N–H and O–H groups in total. The van der Waals surface area contributed by atoms with E-state index in [4.69, 9.17) is 12.6 Å². The van der Waals surface area contributed by atoms with Crippen molar-refractivity contribution in [2.45, 2.75) is 64.0 Å². The summed E-state index contributed by atoms with van der Waals surface area (Å²) in [5, 5.41) is 0. The fourth-order valence-electron chi connectivity index (χ4n) is 4.82. The summed E-state index contributed by atoms with van der Waals surface area (Å²) in [5.41, 5.74) is 0. The van der Waals surface area contributed by atoms with Gasteiger partial charge in [0.05, 0.1) is 20.1 Å². The van der Waals surface area contributed by atoms with Crippen molar-refractivity contribution in [2.75, 3.05) is 0 Å². The maximum Gasteiger partial charge on any atom is 0.0654 e.